The Morgan fingerprint density at radius 2 is 1.94 bits per heavy atom. The van der Waals surface area contributed by atoms with Gasteiger partial charge in [0, 0.05) is 11.5 Å². The molecule has 0 amide bonds. The molecule has 0 N–H and O–H groups in total. The van der Waals surface area contributed by atoms with Crippen molar-refractivity contribution in [3.8, 4) is 5.75 Å². The van der Waals surface area contributed by atoms with Crippen LogP contribution >= 0.6 is 23.2 Å². The number of hydrogen-bond acceptors (Lipinski definition) is 2. The average molecular weight is 273 g/mol. The van der Waals surface area contributed by atoms with Crippen molar-refractivity contribution < 1.29 is 9.53 Å². The van der Waals surface area contributed by atoms with E-state index in [0.717, 1.165) is 19.3 Å². The molecule has 1 saturated carbocycles. The molecule has 0 heterocycles. The van der Waals surface area contributed by atoms with Gasteiger partial charge >= 0.3 is 0 Å². The van der Waals surface area contributed by atoms with E-state index in [4.69, 9.17) is 27.9 Å². The number of benzene rings is 1. The first kappa shape index (κ1) is 12.7. The third-order valence-corrected chi connectivity index (χ3v) is 3.24. The van der Waals surface area contributed by atoms with Gasteiger partial charge in [0.25, 0.3) is 0 Å². The van der Waals surface area contributed by atoms with Crippen molar-refractivity contribution >= 4 is 29.0 Å². The van der Waals surface area contributed by atoms with Crippen LogP contribution in [0.5, 0.6) is 5.75 Å². The second-order valence-electron chi connectivity index (χ2n) is 4.26. The van der Waals surface area contributed by atoms with Crippen molar-refractivity contribution in [2.45, 2.75) is 26.2 Å². The van der Waals surface area contributed by atoms with Crippen LogP contribution in [0, 0.1) is 5.92 Å². The summed E-state index contributed by atoms with van der Waals surface area (Å²) in [6.45, 7) is 2.57. The van der Waals surface area contributed by atoms with Gasteiger partial charge in [-0.3, -0.25) is 4.79 Å². The predicted octanol–water partition coefficient (Wildman–Crippen LogP) is 4.37. The summed E-state index contributed by atoms with van der Waals surface area (Å²) in [7, 11) is 0. The van der Waals surface area contributed by atoms with Crippen molar-refractivity contribution in [1.82, 2.24) is 0 Å². The lowest BCUT2D eigenvalue weighted by Gasteiger charge is -2.10. The lowest BCUT2D eigenvalue weighted by Crippen LogP contribution is -2.03. The zero-order valence-electron chi connectivity index (χ0n) is 9.63. The van der Waals surface area contributed by atoms with Gasteiger partial charge in [-0.15, -0.1) is 0 Å². The van der Waals surface area contributed by atoms with Gasteiger partial charge in [0.1, 0.15) is 0 Å². The molecule has 0 aliphatic heterocycles. The molecule has 1 fully saturated rings. The van der Waals surface area contributed by atoms with Crippen LogP contribution in [0.2, 0.25) is 10.0 Å². The third kappa shape index (κ3) is 2.93. The summed E-state index contributed by atoms with van der Waals surface area (Å²) in [6, 6.07) is 3.30. The van der Waals surface area contributed by atoms with E-state index in [1.807, 2.05) is 6.92 Å². The lowest BCUT2D eigenvalue weighted by molar-refractivity contribution is 0.0967. The molecule has 0 bridgehead atoms. The van der Waals surface area contributed by atoms with E-state index in [1.54, 1.807) is 12.1 Å². The number of carbonyl (C=O) groups is 1. The second-order valence-corrected chi connectivity index (χ2v) is 5.07. The number of hydrogen-bond donors (Lipinski definition) is 0. The molecule has 2 nitrogen and oxygen atoms in total. The first-order chi connectivity index (χ1) is 8.13. The van der Waals surface area contributed by atoms with Gasteiger partial charge in [0.15, 0.2) is 11.5 Å². The highest BCUT2D eigenvalue weighted by Crippen LogP contribution is 2.38. The van der Waals surface area contributed by atoms with Crippen LogP contribution in [0.15, 0.2) is 12.1 Å². The Morgan fingerprint density at radius 3 is 2.41 bits per heavy atom. The van der Waals surface area contributed by atoms with Crippen LogP contribution < -0.4 is 4.74 Å². The van der Waals surface area contributed by atoms with Gasteiger partial charge in [0.2, 0.25) is 0 Å². The smallest absolute Gasteiger partial charge is 0.166 e. The minimum atomic E-state index is 0.135. The fraction of sp³-hybridized carbons (Fsp3) is 0.462. The van der Waals surface area contributed by atoms with E-state index in [-0.39, 0.29) is 11.7 Å². The van der Waals surface area contributed by atoms with Gasteiger partial charge in [-0.25, -0.2) is 0 Å². The number of Topliss-reactive ketones (excluding diaryl/α,β-unsaturated/α-hetero) is 1. The number of rotatable bonds is 5. The van der Waals surface area contributed by atoms with Gasteiger partial charge in [0.05, 0.1) is 16.7 Å². The Morgan fingerprint density at radius 1 is 1.35 bits per heavy atom. The molecule has 92 valence electrons. The van der Waals surface area contributed by atoms with Crippen LogP contribution in [0.1, 0.15) is 36.5 Å². The molecular formula is C13H14Cl2O2. The summed E-state index contributed by atoms with van der Waals surface area (Å²) >= 11 is 12.2. The SMILES string of the molecule is CCCOc1c(Cl)cc(C(=O)C2CC2)cc1Cl. The fourth-order valence-electron chi connectivity index (χ4n) is 1.63. The monoisotopic (exact) mass is 272 g/mol. The molecule has 4 heteroatoms. The third-order valence-electron chi connectivity index (χ3n) is 2.68. The highest BCUT2D eigenvalue weighted by atomic mass is 35.5. The molecule has 0 unspecified atom stereocenters. The molecular weight excluding hydrogens is 259 g/mol. The van der Waals surface area contributed by atoms with E-state index >= 15 is 0 Å². The van der Waals surface area contributed by atoms with Crippen LogP contribution in [0.4, 0.5) is 0 Å². The van der Waals surface area contributed by atoms with E-state index in [9.17, 15) is 4.79 Å². The Bertz CT molecular complexity index is 416. The summed E-state index contributed by atoms with van der Waals surface area (Å²) < 4.78 is 5.45. The topological polar surface area (TPSA) is 26.3 Å². The maximum atomic E-state index is 11.9. The maximum absolute atomic E-state index is 11.9. The number of carbonyl (C=O) groups excluding carboxylic acids is 1. The molecule has 1 aliphatic carbocycles. The van der Waals surface area contributed by atoms with E-state index < -0.39 is 0 Å². The number of ether oxygens (including phenoxy) is 1. The van der Waals surface area contributed by atoms with Crippen molar-refractivity contribution in [1.29, 1.82) is 0 Å². The van der Waals surface area contributed by atoms with Crippen molar-refractivity contribution in [2.24, 2.45) is 5.92 Å². The van der Waals surface area contributed by atoms with Crippen LogP contribution in [-0.2, 0) is 0 Å². The van der Waals surface area contributed by atoms with Crippen LogP contribution in [0.25, 0.3) is 0 Å². The fourth-order valence-corrected chi connectivity index (χ4v) is 2.22. The normalized spacial score (nSPS) is 14.8. The predicted molar refractivity (Wildman–Crippen MR) is 69.3 cm³/mol. The van der Waals surface area contributed by atoms with Gasteiger partial charge in [-0.05, 0) is 31.4 Å². The largest absolute Gasteiger partial charge is 0.490 e. The number of ketones is 1. The Labute approximate surface area is 111 Å². The highest BCUT2D eigenvalue weighted by molar-refractivity contribution is 6.37. The van der Waals surface area contributed by atoms with Crippen molar-refractivity contribution in [2.75, 3.05) is 6.61 Å². The van der Waals surface area contributed by atoms with Crippen molar-refractivity contribution in [3.63, 3.8) is 0 Å². The molecule has 1 aliphatic rings. The minimum Gasteiger partial charge on any atom is -0.490 e. The van der Waals surface area contributed by atoms with Crippen LogP contribution in [-0.4, -0.2) is 12.4 Å². The summed E-state index contributed by atoms with van der Waals surface area (Å²) in [5.74, 6) is 0.780. The standard InChI is InChI=1S/C13H14Cl2O2/c1-2-5-17-13-10(14)6-9(7-11(13)15)12(16)8-3-4-8/h6-8H,2-5H2,1H3. The summed E-state index contributed by atoms with van der Waals surface area (Å²) in [4.78, 5) is 11.9. The molecule has 1 aromatic carbocycles. The van der Waals surface area contributed by atoms with E-state index in [0.29, 0.717) is 28.0 Å². The molecule has 0 radical (unpaired) electrons. The Kier molecular flexibility index (Phi) is 3.95. The second kappa shape index (κ2) is 5.28. The van der Waals surface area contributed by atoms with Gasteiger partial charge < -0.3 is 4.74 Å². The summed E-state index contributed by atoms with van der Waals surface area (Å²) in [5, 5.41) is 0.824. The van der Waals surface area contributed by atoms with E-state index in [1.165, 1.54) is 0 Å². The van der Waals surface area contributed by atoms with Gasteiger partial charge in [-0.2, -0.15) is 0 Å². The molecule has 2 rings (SSSR count). The first-order valence-electron chi connectivity index (χ1n) is 5.79. The quantitative estimate of drug-likeness (QED) is 0.744. The Hall–Kier alpha value is -0.730. The molecule has 17 heavy (non-hydrogen) atoms. The zero-order valence-corrected chi connectivity index (χ0v) is 11.1. The zero-order chi connectivity index (χ0) is 12.4. The molecule has 0 aromatic heterocycles. The summed E-state index contributed by atoms with van der Waals surface area (Å²) in [5.41, 5.74) is 0.589. The first-order valence-corrected chi connectivity index (χ1v) is 6.55. The minimum absolute atomic E-state index is 0.135. The molecule has 0 saturated heterocycles. The van der Waals surface area contributed by atoms with Crippen LogP contribution in [0.3, 0.4) is 0 Å². The average Bonchev–Trinajstić information content (AvgIpc) is 3.10. The van der Waals surface area contributed by atoms with E-state index in [2.05, 4.69) is 0 Å². The Balaban J connectivity index is 2.24. The van der Waals surface area contributed by atoms with Crippen molar-refractivity contribution in [3.05, 3.63) is 27.7 Å². The molecule has 0 atom stereocenters. The molecule has 1 aromatic rings. The lowest BCUT2D eigenvalue weighted by atomic mass is 10.1. The number of halogens is 2. The van der Waals surface area contributed by atoms with Gasteiger partial charge in [-0.1, -0.05) is 30.1 Å². The highest BCUT2D eigenvalue weighted by Gasteiger charge is 2.31. The molecule has 0 spiro atoms. The maximum Gasteiger partial charge on any atom is 0.166 e. The summed E-state index contributed by atoms with van der Waals surface area (Å²) in [6.07, 6.45) is 2.83.